The monoisotopic (exact) mass is 274 g/mol. The summed E-state index contributed by atoms with van der Waals surface area (Å²) in [4.78, 5) is 0. The molecule has 20 heavy (non-hydrogen) atoms. The fraction of sp³-hybridized carbons (Fsp3) is 0.750. The second-order valence-electron chi connectivity index (χ2n) is 6.14. The third kappa shape index (κ3) is 2.57. The molecule has 4 heteroatoms. The molecule has 110 valence electrons. The topological polar surface area (TPSA) is 30.5 Å². The Morgan fingerprint density at radius 3 is 1.45 bits per heavy atom. The van der Waals surface area contributed by atoms with Gasteiger partial charge in [0.1, 0.15) is 0 Å². The molecule has 0 saturated carbocycles. The van der Waals surface area contributed by atoms with Gasteiger partial charge in [0.15, 0.2) is 0 Å². The van der Waals surface area contributed by atoms with Gasteiger partial charge in [0.2, 0.25) is 0 Å². The van der Waals surface area contributed by atoms with Crippen molar-refractivity contribution in [3.63, 3.8) is 0 Å². The fourth-order valence-electron chi connectivity index (χ4n) is 4.07. The predicted octanol–water partition coefficient (Wildman–Crippen LogP) is 0.680. The average molecular weight is 274 g/mol. The second-order valence-corrected chi connectivity index (χ2v) is 6.14. The molecule has 2 aliphatic heterocycles. The third-order valence-electron chi connectivity index (χ3n) is 4.96. The van der Waals surface area contributed by atoms with Gasteiger partial charge in [-0.1, -0.05) is 11.8 Å². The Bertz CT molecular complexity index is 381. The van der Waals surface area contributed by atoms with Crippen LogP contribution in [0.5, 0.6) is 0 Å². The first-order valence-electron chi connectivity index (χ1n) is 7.43. The van der Waals surface area contributed by atoms with Crippen molar-refractivity contribution < 1.29 is 0 Å². The van der Waals surface area contributed by atoms with Gasteiger partial charge in [-0.05, 0) is 39.5 Å². The van der Waals surface area contributed by atoms with Crippen LogP contribution in [0.25, 0.3) is 0 Å². The molecular formula is C16H26N4. The zero-order valence-corrected chi connectivity index (χ0v) is 12.9. The Morgan fingerprint density at radius 1 is 0.800 bits per heavy atom. The molecule has 0 amide bonds. The van der Waals surface area contributed by atoms with Gasteiger partial charge in [-0.3, -0.25) is 10.9 Å². The van der Waals surface area contributed by atoms with Crippen LogP contribution < -0.4 is 10.9 Å². The average Bonchev–Trinajstić information content (AvgIpc) is 2.80. The van der Waals surface area contributed by atoms with E-state index in [1.165, 1.54) is 0 Å². The van der Waals surface area contributed by atoms with Crippen LogP contribution in [0.15, 0.2) is 0 Å². The van der Waals surface area contributed by atoms with Crippen LogP contribution in [0, 0.1) is 36.5 Å². The van der Waals surface area contributed by atoms with E-state index < -0.39 is 0 Å². The number of nitrogens with one attached hydrogen (secondary N) is 2. The van der Waals surface area contributed by atoms with Crippen molar-refractivity contribution in [3.8, 4) is 24.7 Å². The van der Waals surface area contributed by atoms with E-state index in [4.69, 9.17) is 12.8 Å². The highest BCUT2D eigenvalue weighted by atomic mass is 15.6. The molecule has 4 nitrogen and oxygen atoms in total. The number of hydrogen-bond acceptors (Lipinski definition) is 4. The largest absolute Gasteiger partial charge is 0.251 e. The number of terminal acetylenes is 2. The molecule has 0 aromatic rings. The van der Waals surface area contributed by atoms with Gasteiger partial charge in [-0.2, -0.15) is 0 Å². The molecule has 2 aliphatic rings. The molecule has 2 N–H and O–H groups in total. The normalized spacial score (nSPS) is 42.5. The van der Waals surface area contributed by atoms with Crippen molar-refractivity contribution in [1.82, 2.24) is 20.9 Å². The molecule has 2 fully saturated rings. The molecule has 6 atom stereocenters. The van der Waals surface area contributed by atoms with E-state index in [0.717, 1.165) is 0 Å². The van der Waals surface area contributed by atoms with Crippen LogP contribution in [-0.4, -0.2) is 47.3 Å². The smallest absolute Gasteiger partial charge is 0.0743 e. The van der Waals surface area contributed by atoms with E-state index in [1.54, 1.807) is 0 Å². The summed E-state index contributed by atoms with van der Waals surface area (Å²) in [6.07, 6.45) is 10.9. The Hall–Kier alpha value is -1.04. The molecule has 2 heterocycles. The molecule has 0 aromatic heterocycles. The van der Waals surface area contributed by atoms with Gasteiger partial charge in [0.25, 0.3) is 0 Å². The summed E-state index contributed by atoms with van der Waals surface area (Å²) in [6, 6.07) is 1.73. The number of hydrogen-bond donors (Lipinski definition) is 2. The lowest BCUT2D eigenvalue weighted by atomic mass is 9.76. The zero-order valence-electron chi connectivity index (χ0n) is 12.9. The molecule has 6 unspecified atom stereocenters. The van der Waals surface area contributed by atoms with Gasteiger partial charge in [-0.15, -0.1) is 12.8 Å². The van der Waals surface area contributed by atoms with Gasteiger partial charge in [-0.25, -0.2) is 10.0 Å². The van der Waals surface area contributed by atoms with Gasteiger partial charge < -0.3 is 0 Å². The van der Waals surface area contributed by atoms with Crippen molar-refractivity contribution in [2.45, 2.75) is 51.9 Å². The Morgan fingerprint density at radius 2 is 1.15 bits per heavy atom. The van der Waals surface area contributed by atoms with E-state index in [1.807, 2.05) is 0 Å². The van der Waals surface area contributed by atoms with Crippen LogP contribution in [0.3, 0.4) is 0 Å². The van der Waals surface area contributed by atoms with Crippen LogP contribution in [0.2, 0.25) is 0 Å². The molecule has 0 spiro atoms. The standard InChI is InChI=1S/C16H26N4/c1-7-9-19-13(5)15(11(3)17-19)16-12(4)18-20(10-8-2)14(16)6/h1-2,11-18H,9-10H2,3-6H3. The van der Waals surface area contributed by atoms with Crippen LogP contribution in [-0.2, 0) is 0 Å². The Kier molecular flexibility index (Phi) is 4.73. The van der Waals surface area contributed by atoms with Crippen molar-refractivity contribution in [2.24, 2.45) is 11.8 Å². The molecule has 0 bridgehead atoms. The van der Waals surface area contributed by atoms with Crippen LogP contribution >= 0.6 is 0 Å². The SMILES string of the molecule is C#CCN1NC(C)C(C2C(C)NN(CC#C)C2C)C1C. The number of hydrazine groups is 2. The molecular weight excluding hydrogens is 248 g/mol. The lowest BCUT2D eigenvalue weighted by Crippen LogP contribution is -2.41. The highest BCUT2D eigenvalue weighted by Crippen LogP contribution is 2.37. The summed E-state index contributed by atoms with van der Waals surface area (Å²) in [7, 11) is 0. The van der Waals surface area contributed by atoms with Crippen molar-refractivity contribution >= 4 is 0 Å². The van der Waals surface area contributed by atoms with Gasteiger partial charge in [0, 0.05) is 24.2 Å². The van der Waals surface area contributed by atoms with E-state index in [9.17, 15) is 0 Å². The van der Waals surface area contributed by atoms with Crippen LogP contribution in [0.4, 0.5) is 0 Å². The third-order valence-corrected chi connectivity index (χ3v) is 4.96. The van der Waals surface area contributed by atoms with Crippen LogP contribution in [0.1, 0.15) is 27.7 Å². The Balaban J connectivity index is 2.15. The summed E-state index contributed by atoms with van der Waals surface area (Å²) in [5, 5.41) is 4.39. The Labute approximate surface area is 123 Å². The van der Waals surface area contributed by atoms with Crippen molar-refractivity contribution in [3.05, 3.63) is 0 Å². The molecule has 0 aromatic carbocycles. The molecule has 2 saturated heterocycles. The van der Waals surface area contributed by atoms with Gasteiger partial charge >= 0.3 is 0 Å². The van der Waals surface area contributed by atoms with E-state index >= 15 is 0 Å². The minimum absolute atomic E-state index is 0.431. The summed E-state index contributed by atoms with van der Waals surface area (Å²) in [6.45, 7) is 10.3. The molecule has 2 rings (SSSR count). The van der Waals surface area contributed by atoms with Crippen molar-refractivity contribution in [2.75, 3.05) is 13.1 Å². The number of rotatable bonds is 3. The number of nitrogens with zero attached hydrogens (tertiary/aromatic N) is 2. The van der Waals surface area contributed by atoms with Gasteiger partial charge in [0.05, 0.1) is 13.1 Å². The first-order chi connectivity index (χ1) is 9.51. The maximum Gasteiger partial charge on any atom is 0.0743 e. The lowest BCUT2D eigenvalue weighted by molar-refractivity contribution is 0.161. The van der Waals surface area contributed by atoms with E-state index in [0.29, 0.717) is 49.1 Å². The lowest BCUT2D eigenvalue weighted by Gasteiger charge is -2.32. The summed E-state index contributed by atoms with van der Waals surface area (Å²) in [5.41, 5.74) is 7.05. The minimum Gasteiger partial charge on any atom is -0.251 e. The minimum atomic E-state index is 0.431. The summed E-state index contributed by atoms with van der Waals surface area (Å²) < 4.78 is 0. The predicted molar refractivity (Wildman–Crippen MR) is 82.2 cm³/mol. The van der Waals surface area contributed by atoms with E-state index in [-0.39, 0.29) is 0 Å². The van der Waals surface area contributed by atoms with Crippen molar-refractivity contribution in [1.29, 1.82) is 0 Å². The molecule has 0 radical (unpaired) electrons. The fourth-order valence-corrected chi connectivity index (χ4v) is 4.07. The first kappa shape index (κ1) is 15.4. The molecule has 0 aliphatic carbocycles. The maximum absolute atomic E-state index is 5.46. The summed E-state index contributed by atoms with van der Waals surface area (Å²) >= 11 is 0. The highest BCUT2D eigenvalue weighted by molar-refractivity contribution is 5.04. The second kappa shape index (κ2) is 6.16. The quantitative estimate of drug-likeness (QED) is 0.741. The summed E-state index contributed by atoms with van der Waals surface area (Å²) in [5.74, 6) is 6.59. The first-order valence-corrected chi connectivity index (χ1v) is 7.43. The van der Waals surface area contributed by atoms with E-state index in [2.05, 4.69) is 60.4 Å². The highest BCUT2D eigenvalue weighted by Gasteiger charge is 2.48. The maximum atomic E-state index is 5.46. The zero-order chi connectivity index (χ0) is 14.9.